The van der Waals surface area contributed by atoms with Crippen LogP contribution < -0.4 is 9.62 Å². The molecular formula is C20H25FN2O3S2. The van der Waals surface area contributed by atoms with Crippen LogP contribution in [0.3, 0.4) is 0 Å². The van der Waals surface area contributed by atoms with Crippen LogP contribution in [0, 0.1) is 5.82 Å². The molecule has 152 valence electrons. The van der Waals surface area contributed by atoms with Crippen LogP contribution in [-0.2, 0) is 21.2 Å². The standard InChI is InChI=1S/C20H25FN2O3S2/c1-27-19-6-3-5-18(15-19)23(28(2,25)26)14-4-7-20(24)22-13-12-16-8-10-17(21)11-9-16/h3,5-6,8-11,15H,4,7,12-14H2,1-2H3,(H,22,24). The Morgan fingerprint density at radius 2 is 1.89 bits per heavy atom. The molecule has 5 nitrogen and oxygen atoms in total. The normalized spacial score (nSPS) is 11.2. The van der Waals surface area contributed by atoms with Crippen LogP contribution in [0.25, 0.3) is 0 Å². The van der Waals surface area contributed by atoms with Crippen molar-refractivity contribution in [1.29, 1.82) is 0 Å². The van der Waals surface area contributed by atoms with E-state index in [2.05, 4.69) is 5.32 Å². The topological polar surface area (TPSA) is 66.5 Å². The summed E-state index contributed by atoms with van der Waals surface area (Å²) in [6.45, 7) is 0.693. The van der Waals surface area contributed by atoms with E-state index in [1.807, 2.05) is 24.5 Å². The van der Waals surface area contributed by atoms with Crippen molar-refractivity contribution in [1.82, 2.24) is 5.32 Å². The number of carbonyl (C=O) groups excluding carboxylic acids is 1. The maximum atomic E-state index is 12.9. The van der Waals surface area contributed by atoms with Gasteiger partial charge in [0.1, 0.15) is 5.82 Å². The maximum absolute atomic E-state index is 12.9. The smallest absolute Gasteiger partial charge is 0.232 e. The number of sulfonamides is 1. The summed E-state index contributed by atoms with van der Waals surface area (Å²) in [5.74, 6) is -0.417. The first-order valence-electron chi connectivity index (χ1n) is 8.92. The third-order valence-corrected chi connectivity index (χ3v) is 6.08. The number of halogens is 1. The zero-order valence-electron chi connectivity index (χ0n) is 16.0. The zero-order valence-corrected chi connectivity index (χ0v) is 17.7. The largest absolute Gasteiger partial charge is 0.356 e. The van der Waals surface area contributed by atoms with Crippen molar-refractivity contribution in [2.45, 2.75) is 24.2 Å². The van der Waals surface area contributed by atoms with Gasteiger partial charge in [-0.2, -0.15) is 0 Å². The zero-order chi connectivity index (χ0) is 20.6. The molecule has 0 saturated carbocycles. The fourth-order valence-corrected chi connectivity index (χ4v) is 4.13. The average molecular weight is 425 g/mol. The van der Waals surface area contributed by atoms with Gasteiger partial charge in [0, 0.05) is 24.4 Å². The molecule has 0 atom stereocenters. The molecule has 0 radical (unpaired) electrons. The molecule has 0 aliphatic heterocycles. The van der Waals surface area contributed by atoms with Crippen LogP contribution in [0.4, 0.5) is 10.1 Å². The number of anilines is 1. The van der Waals surface area contributed by atoms with Crippen LogP contribution in [0.15, 0.2) is 53.4 Å². The van der Waals surface area contributed by atoms with E-state index in [0.717, 1.165) is 10.5 Å². The first kappa shape index (κ1) is 22.2. The molecule has 2 aromatic rings. The van der Waals surface area contributed by atoms with Gasteiger partial charge in [-0.25, -0.2) is 12.8 Å². The van der Waals surface area contributed by atoms with E-state index in [9.17, 15) is 17.6 Å². The van der Waals surface area contributed by atoms with E-state index in [0.29, 0.717) is 25.1 Å². The van der Waals surface area contributed by atoms with Crippen molar-refractivity contribution in [3.63, 3.8) is 0 Å². The number of thioether (sulfide) groups is 1. The summed E-state index contributed by atoms with van der Waals surface area (Å²) < 4.78 is 38.5. The molecule has 1 N–H and O–H groups in total. The Morgan fingerprint density at radius 1 is 1.18 bits per heavy atom. The number of nitrogens with zero attached hydrogens (tertiary/aromatic N) is 1. The predicted molar refractivity (Wildman–Crippen MR) is 113 cm³/mol. The summed E-state index contributed by atoms with van der Waals surface area (Å²) >= 11 is 1.54. The summed E-state index contributed by atoms with van der Waals surface area (Å²) in [6.07, 6.45) is 4.36. The number of rotatable bonds is 10. The lowest BCUT2D eigenvalue weighted by Crippen LogP contribution is -2.32. The lowest BCUT2D eigenvalue weighted by molar-refractivity contribution is -0.121. The van der Waals surface area contributed by atoms with Gasteiger partial charge in [0.25, 0.3) is 0 Å². The molecule has 0 aliphatic carbocycles. The van der Waals surface area contributed by atoms with E-state index in [1.54, 1.807) is 30.0 Å². The highest BCUT2D eigenvalue weighted by Crippen LogP contribution is 2.24. The number of amides is 1. The van der Waals surface area contributed by atoms with Gasteiger partial charge in [0.15, 0.2) is 0 Å². The fraction of sp³-hybridized carbons (Fsp3) is 0.350. The lowest BCUT2D eigenvalue weighted by atomic mass is 10.1. The summed E-state index contributed by atoms with van der Waals surface area (Å²) in [5.41, 5.74) is 1.55. The van der Waals surface area contributed by atoms with E-state index in [1.165, 1.54) is 22.7 Å². The van der Waals surface area contributed by atoms with Crippen LogP contribution in [0.5, 0.6) is 0 Å². The molecule has 8 heteroatoms. The van der Waals surface area contributed by atoms with Crippen LogP contribution >= 0.6 is 11.8 Å². The van der Waals surface area contributed by atoms with E-state index in [-0.39, 0.29) is 24.7 Å². The van der Waals surface area contributed by atoms with Gasteiger partial charge in [0.2, 0.25) is 15.9 Å². The summed E-state index contributed by atoms with van der Waals surface area (Å²) in [5, 5.41) is 2.81. The first-order valence-corrected chi connectivity index (χ1v) is 12.0. The third-order valence-electron chi connectivity index (χ3n) is 4.16. The Morgan fingerprint density at radius 3 is 2.54 bits per heavy atom. The lowest BCUT2D eigenvalue weighted by Gasteiger charge is -2.22. The van der Waals surface area contributed by atoms with Crippen molar-refractivity contribution in [3.05, 3.63) is 59.9 Å². The molecule has 0 aromatic heterocycles. The number of nitrogens with one attached hydrogen (secondary N) is 1. The van der Waals surface area contributed by atoms with E-state index < -0.39 is 10.0 Å². The molecule has 0 unspecified atom stereocenters. The van der Waals surface area contributed by atoms with E-state index >= 15 is 0 Å². The van der Waals surface area contributed by atoms with Gasteiger partial charge in [-0.1, -0.05) is 18.2 Å². The molecule has 0 bridgehead atoms. The van der Waals surface area contributed by atoms with Crippen molar-refractivity contribution >= 4 is 33.4 Å². The molecule has 1 amide bonds. The number of carbonyl (C=O) groups is 1. The number of hydrogen-bond donors (Lipinski definition) is 1. The SMILES string of the molecule is CSc1cccc(N(CCCC(=O)NCCc2ccc(F)cc2)S(C)(=O)=O)c1. The van der Waals surface area contributed by atoms with Gasteiger partial charge in [-0.05, 0) is 55.0 Å². The summed E-state index contributed by atoms with van der Waals surface area (Å²) in [6, 6.07) is 13.5. The molecule has 2 aromatic carbocycles. The highest BCUT2D eigenvalue weighted by Gasteiger charge is 2.17. The van der Waals surface area contributed by atoms with Crippen molar-refractivity contribution in [3.8, 4) is 0 Å². The second-order valence-electron chi connectivity index (χ2n) is 6.37. The summed E-state index contributed by atoms with van der Waals surface area (Å²) in [4.78, 5) is 13.0. The molecule has 0 fully saturated rings. The monoisotopic (exact) mass is 424 g/mol. The molecule has 28 heavy (non-hydrogen) atoms. The second-order valence-corrected chi connectivity index (χ2v) is 9.15. The summed E-state index contributed by atoms with van der Waals surface area (Å²) in [7, 11) is -3.44. The Bertz CT molecular complexity index is 887. The molecule has 0 spiro atoms. The Hall–Kier alpha value is -2.06. The predicted octanol–water partition coefficient (Wildman–Crippen LogP) is 3.45. The first-order chi connectivity index (χ1) is 13.3. The van der Waals surface area contributed by atoms with Crippen molar-refractivity contribution < 1.29 is 17.6 Å². The number of hydrogen-bond acceptors (Lipinski definition) is 4. The maximum Gasteiger partial charge on any atom is 0.232 e. The highest BCUT2D eigenvalue weighted by atomic mass is 32.2. The number of benzene rings is 2. The second kappa shape index (κ2) is 10.5. The van der Waals surface area contributed by atoms with Gasteiger partial charge in [-0.3, -0.25) is 9.10 Å². The third kappa shape index (κ3) is 7.16. The molecule has 0 heterocycles. The highest BCUT2D eigenvalue weighted by molar-refractivity contribution is 7.98. The Balaban J connectivity index is 1.82. The molecular weight excluding hydrogens is 399 g/mol. The van der Waals surface area contributed by atoms with Crippen LogP contribution in [-0.4, -0.2) is 39.9 Å². The minimum atomic E-state index is -3.44. The Kier molecular flexibility index (Phi) is 8.32. The van der Waals surface area contributed by atoms with Gasteiger partial charge in [-0.15, -0.1) is 11.8 Å². The minimum Gasteiger partial charge on any atom is -0.356 e. The van der Waals surface area contributed by atoms with Gasteiger partial charge >= 0.3 is 0 Å². The van der Waals surface area contributed by atoms with Crippen molar-refractivity contribution in [2.75, 3.05) is 29.9 Å². The molecule has 2 rings (SSSR count). The molecule has 0 saturated heterocycles. The quantitative estimate of drug-likeness (QED) is 0.593. The van der Waals surface area contributed by atoms with Crippen molar-refractivity contribution in [2.24, 2.45) is 0 Å². The molecule has 0 aliphatic rings. The minimum absolute atomic E-state index is 0.131. The van der Waals surface area contributed by atoms with Gasteiger partial charge < -0.3 is 5.32 Å². The van der Waals surface area contributed by atoms with Crippen LogP contribution in [0.2, 0.25) is 0 Å². The van der Waals surface area contributed by atoms with Gasteiger partial charge in [0.05, 0.1) is 11.9 Å². The van der Waals surface area contributed by atoms with E-state index in [4.69, 9.17) is 0 Å². The fourth-order valence-electron chi connectivity index (χ4n) is 2.72. The average Bonchev–Trinajstić information content (AvgIpc) is 2.66. The Labute approximate surface area is 170 Å². The van der Waals surface area contributed by atoms with Crippen LogP contribution in [0.1, 0.15) is 18.4 Å².